The predicted molar refractivity (Wildman–Crippen MR) is 102 cm³/mol. The minimum atomic E-state index is -1.60. The number of hydrogen-bond acceptors (Lipinski definition) is 9. The number of fused-ring (bicyclic) bond motifs is 1. The molecule has 1 aromatic heterocycles. The number of rotatable bonds is 5. The Morgan fingerprint density at radius 3 is 2.45 bits per heavy atom. The third kappa shape index (κ3) is 3.89. The van der Waals surface area contributed by atoms with Gasteiger partial charge in [0.1, 0.15) is 47.6 Å². The molecule has 6 atom stereocenters. The summed E-state index contributed by atoms with van der Waals surface area (Å²) in [6.07, 6.45) is -7.72. The second-order valence-electron chi connectivity index (χ2n) is 7.39. The fourth-order valence-corrected chi connectivity index (χ4v) is 3.73. The largest absolute Gasteiger partial charge is 0.496 e. The third-order valence-corrected chi connectivity index (χ3v) is 5.14. The first-order chi connectivity index (χ1) is 13.7. The first kappa shape index (κ1) is 21.7. The van der Waals surface area contributed by atoms with Crippen LogP contribution in [-0.4, -0.2) is 69.8 Å². The van der Waals surface area contributed by atoms with Gasteiger partial charge in [0.05, 0.1) is 30.8 Å². The molecule has 1 aliphatic rings. The highest BCUT2D eigenvalue weighted by Crippen LogP contribution is 2.41. The number of hydrogen-bond donors (Lipinski definition) is 5. The summed E-state index contributed by atoms with van der Waals surface area (Å²) in [7, 11) is 1.39. The second-order valence-corrected chi connectivity index (χ2v) is 7.39. The quantitative estimate of drug-likeness (QED) is 0.441. The SMILES string of the molecule is COc1cc(C)c2c(=O)cc(C[C@@H](C)O)oc2c1[C@@H]1O[C@H](CO)[C@@H](O)[C@H](O)[C@H]1O. The van der Waals surface area contributed by atoms with Gasteiger partial charge >= 0.3 is 0 Å². The van der Waals surface area contributed by atoms with Crippen molar-refractivity contribution in [3.05, 3.63) is 39.2 Å². The molecule has 0 spiro atoms. The van der Waals surface area contributed by atoms with Gasteiger partial charge in [-0.1, -0.05) is 0 Å². The van der Waals surface area contributed by atoms with Crippen molar-refractivity contribution in [1.82, 2.24) is 0 Å². The topological polar surface area (TPSA) is 150 Å². The normalized spacial score (nSPS) is 28.5. The first-order valence-corrected chi connectivity index (χ1v) is 9.32. The number of ether oxygens (including phenoxy) is 2. The summed E-state index contributed by atoms with van der Waals surface area (Å²) < 4.78 is 17.0. The van der Waals surface area contributed by atoms with Gasteiger partial charge in [0.25, 0.3) is 0 Å². The van der Waals surface area contributed by atoms with Gasteiger partial charge in [0.15, 0.2) is 5.43 Å². The van der Waals surface area contributed by atoms with E-state index in [1.54, 1.807) is 19.9 Å². The Balaban J connectivity index is 2.28. The molecule has 3 rings (SSSR count). The van der Waals surface area contributed by atoms with Crippen LogP contribution in [0.15, 0.2) is 21.3 Å². The van der Waals surface area contributed by atoms with Crippen LogP contribution in [-0.2, 0) is 11.2 Å². The summed E-state index contributed by atoms with van der Waals surface area (Å²) in [6, 6.07) is 2.88. The highest BCUT2D eigenvalue weighted by Gasteiger charge is 2.46. The van der Waals surface area contributed by atoms with Crippen molar-refractivity contribution in [2.75, 3.05) is 13.7 Å². The monoisotopic (exact) mass is 410 g/mol. The van der Waals surface area contributed by atoms with E-state index in [4.69, 9.17) is 13.9 Å². The summed E-state index contributed by atoms with van der Waals surface area (Å²) in [5, 5.41) is 50.2. The molecule has 0 amide bonds. The van der Waals surface area contributed by atoms with Crippen molar-refractivity contribution in [3.8, 4) is 5.75 Å². The lowest BCUT2D eigenvalue weighted by Gasteiger charge is -2.40. The third-order valence-electron chi connectivity index (χ3n) is 5.14. The van der Waals surface area contributed by atoms with E-state index in [-0.39, 0.29) is 39.9 Å². The number of benzene rings is 1. The highest BCUT2D eigenvalue weighted by atomic mass is 16.5. The van der Waals surface area contributed by atoms with Gasteiger partial charge in [-0.05, 0) is 25.5 Å². The molecule has 1 aromatic carbocycles. The number of methoxy groups -OCH3 is 1. The molecule has 0 unspecified atom stereocenters. The molecule has 1 saturated heterocycles. The maximum absolute atomic E-state index is 12.7. The van der Waals surface area contributed by atoms with Gasteiger partial charge in [0, 0.05) is 12.5 Å². The van der Waals surface area contributed by atoms with Gasteiger partial charge in [-0.15, -0.1) is 0 Å². The Hall–Kier alpha value is -2.01. The summed E-state index contributed by atoms with van der Waals surface area (Å²) in [5.74, 6) is 0.479. The van der Waals surface area contributed by atoms with Crippen LogP contribution in [0.2, 0.25) is 0 Å². The number of aliphatic hydroxyl groups excluding tert-OH is 5. The van der Waals surface area contributed by atoms with Gasteiger partial charge in [0.2, 0.25) is 0 Å². The zero-order valence-electron chi connectivity index (χ0n) is 16.4. The minimum Gasteiger partial charge on any atom is -0.496 e. The van der Waals surface area contributed by atoms with E-state index in [0.29, 0.717) is 5.56 Å². The lowest BCUT2D eigenvalue weighted by molar-refractivity contribution is -0.231. The lowest BCUT2D eigenvalue weighted by Crippen LogP contribution is -2.55. The molecule has 5 N–H and O–H groups in total. The maximum atomic E-state index is 12.7. The zero-order valence-corrected chi connectivity index (χ0v) is 16.4. The van der Waals surface area contributed by atoms with E-state index in [1.165, 1.54) is 13.2 Å². The van der Waals surface area contributed by atoms with Crippen molar-refractivity contribution in [3.63, 3.8) is 0 Å². The molecule has 9 heteroatoms. The van der Waals surface area contributed by atoms with Gasteiger partial charge in [-0.2, -0.15) is 0 Å². The minimum absolute atomic E-state index is 0.0920. The van der Waals surface area contributed by atoms with Crippen LogP contribution >= 0.6 is 0 Å². The molecule has 0 aliphatic carbocycles. The second kappa shape index (κ2) is 8.39. The van der Waals surface area contributed by atoms with Crippen LogP contribution in [0.5, 0.6) is 5.75 Å². The zero-order chi connectivity index (χ0) is 21.5. The van der Waals surface area contributed by atoms with E-state index < -0.39 is 43.2 Å². The van der Waals surface area contributed by atoms with Gasteiger partial charge in [-0.3, -0.25) is 4.79 Å². The van der Waals surface area contributed by atoms with E-state index >= 15 is 0 Å². The average molecular weight is 410 g/mol. The molecule has 0 saturated carbocycles. The molecule has 0 radical (unpaired) electrons. The molecule has 29 heavy (non-hydrogen) atoms. The Morgan fingerprint density at radius 1 is 1.17 bits per heavy atom. The molecule has 2 heterocycles. The van der Waals surface area contributed by atoms with Crippen LogP contribution in [0.3, 0.4) is 0 Å². The van der Waals surface area contributed by atoms with Gasteiger partial charge in [-0.25, -0.2) is 0 Å². The molecule has 1 fully saturated rings. The standard InChI is InChI=1S/C20H26O9/c1-8-4-12(27-3)15(20-18(26)17(25)16(24)13(7-21)29-20)19-14(8)11(23)6-10(28-19)5-9(2)22/h4,6,9,13,16-18,20-22,24-26H,5,7H2,1-3H3/t9-,13-,16-,17+,18-,20+/m1/s1. The van der Waals surface area contributed by atoms with Crippen molar-refractivity contribution in [2.24, 2.45) is 0 Å². The summed E-state index contributed by atoms with van der Waals surface area (Å²) in [6.45, 7) is 2.66. The fourth-order valence-electron chi connectivity index (χ4n) is 3.73. The molecular weight excluding hydrogens is 384 g/mol. The Kier molecular flexibility index (Phi) is 6.27. The molecular formula is C20H26O9. The molecule has 0 bridgehead atoms. The first-order valence-electron chi connectivity index (χ1n) is 9.32. The van der Waals surface area contributed by atoms with Crippen LogP contribution in [0.4, 0.5) is 0 Å². The average Bonchev–Trinajstić information content (AvgIpc) is 2.66. The van der Waals surface area contributed by atoms with Crippen molar-refractivity contribution >= 4 is 11.0 Å². The Labute approximate surface area is 166 Å². The van der Waals surface area contributed by atoms with Crippen molar-refractivity contribution in [1.29, 1.82) is 0 Å². The lowest BCUT2D eigenvalue weighted by atomic mass is 9.89. The maximum Gasteiger partial charge on any atom is 0.193 e. The number of aliphatic hydroxyl groups is 5. The van der Waals surface area contributed by atoms with Crippen molar-refractivity contribution in [2.45, 2.75) is 56.9 Å². The summed E-state index contributed by atoms with van der Waals surface area (Å²) >= 11 is 0. The fraction of sp³-hybridized carbons (Fsp3) is 0.550. The highest BCUT2D eigenvalue weighted by molar-refractivity contribution is 5.86. The summed E-state index contributed by atoms with van der Waals surface area (Å²) in [4.78, 5) is 12.7. The number of aryl methyl sites for hydroxylation is 1. The molecule has 9 nitrogen and oxygen atoms in total. The van der Waals surface area contributed by atoms with Crippen LogP contribution in [0.1, 0.15) is 29.9 Å². The Bertz CT molecular complexity index is 934. The summed E-state index contributed by atoms with van der Waals surface area (Å²) in [5.41, 5.74) is 0.499. The van der Waals surface area contributed by atoms with E-state index in [0.717, 1.165) is 0 Å². The Morgan fingerprint density at radius 2 is 1.86 bits per heavy atom. The van der Waals surface area contributed by atoms with E-state index in [2.05, 4.69) is 0 Å². The van der Waals surface area contributed by atoms with Crippen molar-refractivity contribution < 1.29 is 39.4 Å². The van der Waals surface area contributed by atoms with Crippen LogP contribution in [0, 0.1) is 6.92 Å². The van der Waals surface area contributed by atoms with Gasteiger partial charge < -0.3 is 39.4 Å². The molecule has 1 aliphatic heterocycles. The van der Waals surface area contributed by atoms with E-state index in [1.807, 2.05) is 0 Å². The van der Waals surface area contributed by atoms with E-state index in [9.17, 15) is 30.3 Å². The smallest absolute Gasteiger partial charge is 0.193 e. The molecule has 160 valence electrons. The predicted octanol–water partition coefficient (Wildman–Crippen LogP) is -0.452. The van der Waals surface area contributed by atoms with Crippen LogP contribution in [0.25, 0.3) is 11.0 Å². The molecule has 2 aromatic rings. The van der Waals surface area contributed by atoms with Crippen LogP contribution < -0.4 is 10.2 Å².